The largest absolute Gasteiger partial charge is 0.494 e. The third-order valence-corrected chi connectivity index (χ3v) is 6.44. The van der Waals surface area contributed by atoms with Crippen LogP contribution in [0.4, 0.5) is 5.69 Å². The smallest absolute Gasteiger partial charge is 0.399 e. The van der Waals surface area contributed by atoms with Gasteiger partial charge in [0.05, 0.1) is 11.2 Å². The van der Waals surface area contributed by atoms with E-state index in [1.54, 1.807) is 0 Å². The predicted molar refractivity (Wildman–Crippen MR) is 118 cm³/mol. The molecule has 4 nitrogen and oxygen atoms in total. The van der Waals surface area contributed by atoms with E-state index in [0.717, 1.165) is 28.8 Å². The number of anilines is 1. The number of nitrogens with zero attached hydrogens (tertiary/aromatic N) is 1. The summed E-state index contributed by atoms with van der Waals surface area (Å²) < 4.78 is 12.4. The minimum Gasteiger partial charge on any atom is -0.399 e. The molecule has 152 valence electrons. The lowest BCUT2D eigenvalue weighted by Crippen LogP contribution is -2.41. The van der Waals surface area contributed by atoms with Gasteiger partial charge in [0, 0.05) is 18.7 Å². The molecule has 2 saturated heterocycles. The third kappa shape index (κ3) is 3.74. The lowest BCUT2D eigenvalue weighted by Gasteiger charge is -2.32. The van der Waals surface area contributed by atoms with Gasteiger partial charge in [-0.1, -0.05) is 50.2 Å². The number of rotatable bonds is 3. The third-order valence-electron chi connectivity index (χ3n) is 6.44. The highest BCUT2D eigenvalue weighted by atomic mass is 16.7. The molecule has 4 rings (SSSR count). The number of carbonyl (C=O) groups is 1. The summed E-state index contributed by atoms with van der Waals surface area (Å²) in [5.41, 5.74) is 3.52. The Morgan fingerprint density at radius 1 is 0.862 bits per heavy atom. The molecule has 0 aliphatic carbocycles. The van der Waals surface area contributed by atoms with Gasteiger partial charge in [-0.25, -0.2) is 0 Å². The molecule has 2 aliphatic heterocycles. The van der Waals surface area contributed by atoms with Crippen molar-refractivity contribution in [3.8, 4) is 11.1 Å². The summed E-state index contributed by atoms with van der Waals surface area (Å²) in [5.74, 6) is 0.200. The van der Waals surface area contributed by atoms with Crippen LogP contribution in [0.5, 0.6) is 0 Å². The van der Waals surface area contributed by atoms with Crippen molar-refractivity contribution in [2.75, 3.05) is 11.4 Å². The van der Waals surface area contributed by atoms with Gasteiger partial charge < -0.3 is 14.2 Å². The van der Waals surface area contributed by atoms with Crippen LogP contribution in [0.15, 0.2) is 48.5 Å². The molecule has 0 N–H and O–H groups in total. The van der Waals surface area contributed by atoms with Gasteiger partial charge in [0.1, 0.15) is 0 Å². The van der Waals surface area contributed by atoms with Crippen LogP contribution in [0.2, 0.25) is 0 Å². The molecule has 0 aromatic heterocycles. The molecule has 2 heterocycles. The summed E-state index contributed by atoms with van der Waals surface area (Å²) in [4.78, 5) is 14.2. The first-order valence-corrected chi connectivity index (χ1v) is 10.3. The van der Waals surface area contributed by atoms with Crippen LogP contribution in [-0.2, 0) is 14.1 Å². The number of carbonyl (C=O) groups excluding carboxylic acids is 1. The highest BCUT2D eigenvalue weighted by molar-refractivity contribution is 6.62. The predicted octanol–water partition coefficient (Wildman–Crippen LogP) is 4.42. The van der Waals surface area contributed by atoms with Crippen molar-refractivity contribution in [1.82, 2.24) is 0 Å². The lowest BCUT2D eigenvalue weighted by atomic mass is 9.78. The molecule has 0 bridgehead atoms. The van der Waals surface area contributed by atoms with Gasteiger partial charge >= 0.3 is 7.12 Å². The summed E-state index contributed by atoms with van der Waals surface area (Å²) in [5, 5.41) is 0. The van der Waals surface area contributed by atoms with Crippen molar-refractivity contribution in [2.45, 2.75) is 59.2 Å². The van der Waals surface area contributed by atoms with E-state index in [0.29, 0.717) is 6.42 Å². The van der Waals surface area contributed by atoms with Crippen LogP contribution < -0.4 is 10.4 Å². The minimum absolute atomic E-state index is 0.0346. The van der Waals surface area contributed by atoms with E-state index in [9.17, 15) is 4.79 Å². The van der Waals surface area contributed by atoms with Crippen LogP contribution in [-0.4, -0.2) is 30.8 Å². The first kappa shape index (κ1) is 20.2. The van der Waals surface area contributed by atoms with Crippen molar-refractivity contribution in [1.29, 1.82) is 0 Å². The second kappa shape index (κ2) is 6.71. The van der Waals surface area contributed by atoms with Gasteiger partial charge in [-0.05, 0) is 61.8 Å². The van der Waals surface area contributed by atoms with Gasteiger partial charge in [0.25, 0.3) is 0 Å². The second-order valence-corrected chi connectivity index (χ2v) is 10.1. The average molecular weight is 391 g/mol. The Labute approximate surface area is 174 Å². The Kier molecular flexibility index (Phi) is 4.67. The van der Waals surface area contributed by atoms with E-state index in [1.165, 1.54) is 0 Å². The summed E-state index contributed by atoms with van der Waals surface area (Å²) in [6.45, 7) is 13.3. The fourth-order valence-electron chi connectivity index (χ4n) is 3.99. The molecule has 0 atom stereocenters. The molecule has 2 aromatic carbocycles. The summed E-state index contributed by atoms with van der Waals surface area (Å²) in [6, 6.07) is 16.5. The zero-order chi connectivity index (χ0) is 21.0. The topological polar surface area (TPSA) is 38.8 Å². The number of benzene rings is 2. The number of hydrogen-bond acceptors (Lipinski definition) is 3. The molecule has 0 unspecified atom stereocenters. The molecular formula is C24H30BNO3. The maximum atomic E-state index is 12.3. The Morgan fingerprint density at radius 3 is 2.03 bits per heavy atom. The Morgan fingerprint density at radius 2 is 1.48 bits per heavy atom. The van der Waals surface area contributed by atoms with Gasteiger partial charge in [-0.2, -0.15) is 0 Å². The number of amides is 1. The van der Waals surface area contributed by atoms with E-state index < -0.39 is 0 Å². The minimum atomic E-state index is -0.372. The van der Waals surface area contributed by atoms with Crippen LogP contribution in [0, 0.1) is 5.41 Å². The van der Waals surface area contributed by atoms with E-state index in [1.807, 2.05) is 29.2 Å². The maximum Gasteiger partial charge on any atom is 0.494 e. The SMILES string of the molecule is CC1(C)CC(=O)N(c2ccc(-c3cccc(B4OC(C)(C)C(C)(C)O4)c3)cc2)C1. The molecular weight excluding hydrogens is 361 g/mol. The Hall–Kier alpha value is -2.11. The normalized spacial score (nSPS) is 22.3. The monoisotopic (exact) mass is 391 g/mol. The molecule has 0 spiro atoms. The van der Waals surface area contributed by atoms with E-state index in [2.05, 4.69) is 65.8 Å². The van der Waals surface area contributed by atoms with E-state index in [4.69, 9.17) is 9.31 Å². The lowest BCUT2D eigenvalue weighted by molar-refractivity contribution is -0.117. The Balaban J connectivity index is 1.56. The first-order valence-electron chi connectivity index (χ1n) is 10.3. The molecule has 0 radical (unpaired) electrons. The Bertz CT molecular complexity index is 917. The molecule has 1 amide bonds. The van der Waals surface area contributed by atoms with E-state index in [-0.39, 0.29) is 29.6 Å². The second-order valence-electron chi connectivity index (χ2n) is 10.1. The summed E-state index contributed by atoms with van der Waals surface area (Å²) >= 11 is 0. The quantitative estimate of drug-likeness (QED) is 0.728. The summed E-state index contributed by atoms with van der Waals surface area (Å²) in [6.07, 6.45) is 0.602. The van der Waals surface area contributed by atoms with Gasteiger partial charge in [0.2, 0.25) is 5.91 Å². The molecule has 0 saturated carbocycles. The van der Waals surface area contributed by atoms with Crippen molar-refractivity contribution < 1.29 is 14.1 Å². The molecule has 2 aromatic rings. The van der Waals surface area contributed by atoms with Crippen LogP contribution >= 0.6 is 0 Å². The standard InChI is InChI=1S/C24H30BNO3/c1-22(2)15-21(27)26(16-22)20-12-10-17(11-13-20)18-8-7-9-19(14-18)25-28-23(3,4)24(5,6)29-25/h7-14H,15-16H2,1-6H3. The molecule has 2 fully saturated rings. The zero-order valence-electron chi connectivity index (χ0n) is 18.3. The number of hydrogen-bond donors (Lipinski definition) is 0. The van der Waals surface area contributed by atoms with Crippen molar-refractivity contribution >= 4 is 24.2 Å². The zero-order valence-corrected chi connectivity index (χ0v) is 18.3. The fraction of sp³-hybridized carbons (Fsp3) is 0.458. The molecule has 5 heteroatoms. The fourth-order valence-corrected chi connectivity index (χ4v) is 3.99. The van der Waals surface area contributed by atoms with Crippen LogP contribution in [0.1, 0.15) is 48.0 Å². The van der Waals surface area contributed by atoms with Crippen LogP contribution in [0.3, 0.4) is 0 Å². The van der Waals surface area contributed by atoms with Crippen molar-refractivity contribution in [2.24, 2.45) is 5.41 Å². The van der Waals surface area contributed by atoms with E-state index >= 15 is 0 Å². The first-order chi connectivity index (χ1) is 13.5. The van der Waals surface area contributed by atoms with Gasteiger partial charge in [-0.15, -0.1) is 0 Å². The summed E-state index contributed by atoms with van der Waals surface area (Å²) in [7, 11) is -0.372. The van der Waals surface area contributed by atoms with Crippen LogP contribution in [0.25, 0.3) is 11.1 Å². The molecule has 2 aliphatic rings. The highest BCUT2D eigenvalue weighted by Crippen LogP contribution is 2.37. The van der Waals surface area contributed by atoms with Crippen molar-refractivity contribution in [3.05, 3.63) is 48.5 Å². The van der Waals surface area contributed by atoms with Gasteiger partial charge in [0.15, 0.2) is 0 Å². The highest BCUT2D eigenvalue weighted by Gasteiger charge is 2.51. The molecule has 29 heavy (non-hydrogen) atoms. The average Bonchev–Trinajstić information content (AvgIpc) is 3.05. The van der Waals surface area contributed by atoms with Crippen molar-refractivity contribution in [3.63, 3.8) is 0 Å². The maximum absolute atomic E-state index is 12.3. The van der Waals surface area contributed by atoms with Gasteiger partial charge in [-0.3, -0.25) is 4.79 Å².